The van der Waals surface area contributed by atoms with Gasteiger partial charge in [0.15, 0.2) is 0 Å². The summed E-state index contributed by atoms with van der Waals surface area (Å²) in [6.07, 6.45) is 1.36. The minimum Gasteiger partial charge on any atom is -0.355 e. The Morgan fingerprint density at radius 2 is 1.38 bits per heavy atom. The third-order valence-electron chi connectivity index (χ3n) is 5.87. The van der Waals surface area contributed by atoms with Crippen molar-refractivity contribution in [3.05, 3.63) is 107 Å². The van der Waals surface area contributed by atoms with Crippen molar-refractivity contribution in [1.29, 1.82) is 0 Å². The Labute approximate surface area is 224 Å². The van der Waals surface area contributed by atoms with Crippen molar-refractivity contribution in [3.63, 3.8) is 0 Å². The van der Waals surface area contributed by atoms with Crippen molar-refractivity contribution in [2.45, 2.75) is 32.5 Å². The molecule has 37 heavy (non-hydrogen) atoms. The lowest BCUT2D eigenvalue weighted by molar-refractivity contribution is -0.141. The zero-order chi connectivity index (χ0) is 26.8. The van der Waals surface area contributed by atoms with Crippen molar-refractivity contribution < 1.29 is 18.0 Å². The molecule has 1 unspecified atom stereocenters. The predicted molar refractivity (Wildman–Crippen MR) is 146 cm³/mol. The van der Waals surface area contributed by atoms with E-state index in [4.69, 9.17) is 11.6 Å². The molecule has 0 aromatic heterocycles. The minimum absolute atomic E-state index is 0.0463. The van der Waals surface area contributed by atoms with Crippen LogP contribution in [0, 0.1) is 0 Å². The number of carbonyl (C=O) groups is 2. The molecule has 196 valence electrons. The number of hydrogen-bond donors (Lipinski definition) is 1. The highest BCUT2D eigenvalue weighted by Gasteiger charge is 2.32. The number of hydrogen-bond acceptors (Lipinski definition) is 4. The van der Waals surface area contributed by atoms with Gasteiger partial charge in [-0.05, 0) is 35.7 Å². The first-order valence-electron chi connectivity index (χ1n) is 12.0. The smallest absolute Gasteiger partial charge is 0.243 e. The summed E-state index contributed by atoms with van der Waals surface area (Å²) in [7, 11) is -3.72. The lowest BCUT2D eigenvalue weighted by atomic mass is 10.0. The van der Waals surface area contributed by atoms with Crippen molar-refractivity contribution in [2.24, 2.45) is 0 Å². The largest absolute Gasteiger partial charge is 0.355 e. The predicted octanol–water partition coefficient (Wildman–Crippen LogP) is 3.88. The van der Waals surface area contributed by atoms with Crippen molar-refractivity contribution >= 4 is 33.4 Å². The van der Waals surface area contributed by atoms with E-state index in [2.05, 4.69) is 5.32 Å². The summed E-state index contributed by atoms with van der Waals surface area (Å²) in [5.41, 5.74) is 2.42. The van der Waals surface area contributed by atoms with E-state index in [1.807, 2.05) is 55.5 Å². The molecule has 7 nitrogen and oxygen atoms in total. The topological polar surface area (TPSA) is 86.8 Å². The summed E-state index contributed by atoms with van der Waals surface area (Å²) >= 11 is 6.05. The molecule has 3 aromatic rings. The van der Waals surface area contributed by atoms with Crippen LogP contribution in [0.15, 0.2) is 84.9 Å². The zero-order valence-corrected chi connectivity index (χ0v) is 22.6. The molecular weight excluding hydrogens is 510 g/mol. The molecule has 0 aliphatic rings. The Morgan fingerprint density at radius 1 is 0.838 bits per heavy atom. The van der Waals surface area contributed by atoms with Crippen LogP contribution in [0.25, 0.3) is 0 Å². The first-order valence-corrected chi connectivity index (χ1v) is 14.2. The van der Waals surface area contributed by atoms with E-state index < -0.39 is 28.5 Å². The van der Waals surface area contributed by atoms with Crippen molar-refractivity contribution in [1.82, 2.24) is 14.5 Å². The van der Waals surface area contributed by atoms with Gasteiger partial charge in [-0.2, -0.15) is 4.31 Å². The molecule has 0 saturated heterocycles. The summed E-state index contributed by atoms with van der Waals surface area (Å²) in [6, 6.07) is 24.7. The minimum atomic E-state index is -3.72. The van der Waals surface area contributed by atoms with E-state index in [1.54, 1.807) is 36.4 Å². The van der Waals surface area contributed by atoms with Crippen LogP contribution < -0.4 is 5.32 Å². The van der Waals surface area contributed by atoms with E-state index in [9.17, 15) is 18.0 Å². The van der Waals surface area contributed by atoms with Crippen molar-refractivity contribution in [3.8, 4) is 0 Å². The molecule has 0 bridgehead atoms. The van der Waals surface area contributed by atoms with Crippen LogP contribution in [0.5, 0.6) is 0 Å². The molecule has 0 saturated carbocycles. The molecule has 1 N–H and O–H groups in total. The van der Waals surface area contributed by atoms with E-state index in [1.165, 1.54) is 4.90 Å². The van der Waals surface area contributed by atoms with Crippen molar-refractivity contribution in [2.75, 3.05) is 19.3 Å². The Bertz CT molecular complexity index is 1270. The van der Waals surface area contributed by atoms with Crippen LogP contribution in [0.2, 0.25) is 5.02 Å². The van der Waals surface area contributed by atoms with Gasteiger partial charge in [-0.3, -0.25) is 9.59 Å². The Morgan fingerprint density at radius 3 is 1.92 bits per heavy atom. The third kappa shape index (κ3) is 8.70. The van der Waals surface area contributed by atoms with Gasteiger partial charge in [-0.25, -0.2) is 8.42 Å². The summed E-state index contributed by atoms with van der Waals surface area (Å²) in [5, 5.41) is 3.39. The van der Waals surface area contributed by atoms with E-state index in [-0.39, 0.29) is 25.4 Å². The molecule has 0 spiro atoms. The van der Waals surface area contributed by atoms with Gasteiger partial charge in [0.1, 0.15) is 6.04 Å². The molecule has 3 aromatic carbocycles. The average Bonchev–Trinajstić information content (AvgIpc) is 2.87. The van der Waals surface area contributed by atoms with E-state index in [0.717, 1.165) is 27.3 Å². The highest BCUT2D eigenvalue weighted by Crippen LogP contribution is 2.18. The average molecular weight is 542 g/mol. The second kappa shape index (κ2) is 13.4. The molecule has 0 radical (unpaired) electrons. The fourth-order valence-electron chi connectivity index (χ4n) is 3.95. The maximum Gasteiger partial charge on any atom is 0.243 e. The fraction of sp³-hybridized carbons (Fsp3) is 0.286. The highest BCUT2D eigenvalue weighted by molar-refractivity contribution is 7.88. The quantitative estimate of drug-likeness (QED) is 0.377. The fourth-order valence-corrected chi connectivity index (χ4v) is 4.81. The number of amides is 2. The van der Waals surface area contributed by atoms with Gasteiger partial charge in [0.05, 0.1) is 12.8 Å². The van der Waals surface area contributed by atoms with Crippen LogP contribution in [0.1, 0.15) is 23.6 Å². The molecule has 2 amide bonds. The normalized spacial score (nSPS) is 12.2. The number of nitrogens with one attached hydrogen (secondary N) is 1. The molecule has 0 aliphatic carbocycles. The van der Waals surface area contributed by atoms with Gasteiger partial charge in [-0.15, -0.1) is 0 Å². The number of likely N-dealkylation sites (N-methyl/N-ethyl adjacent to an activating group) is 1. The van der Waals surface area contributed by atoms with Crippen LogP contribution in [-0.4, -0.2) is 54.8 Å². The molecule has 9 heteroatoms. The number of rotatable bonds is 12. The number of halogens is 1. The molecular formula is C28H32ClN3O4S. The van der Waals surface area contributed by atoms with Gasteiger partial charge >= 0.3 is 0 Å². The Balaban J connectivity index is 1.97. The molecule has 3 rings (SSSR count). The molecule has 0 heterocycles. The summed E-state index contributed by atoms with van der Waals surface area (Å²) in [4.78, 5) is 28.5. The molecule has 0 fully saturated rings. The van der Waals surface area contributed by atoms with Crippen LogP contribution in [-0.2, 0) is 39.1 Å². The number of benzene rings is 3. The molecule has 1 atom stereocenters. The van der Waals surface area contributed by atoms with Gasteiger partial charge in [0, 0.05) is 31.1 Å². The van der Waals surface area contributed by atoms with Gasteiger partial charge < -0.3 is 10.2 Å². The van der Waals surface area contributed by atoms with Gasteiger partial charge in [0.2, 0.25) is 21.8 Å². The lowest BCUT2D eigenvalue weighted by Crippen LogP contribution is -2.53. The van der Waals surface area contributed by atoms with E-state index >= 15 is 0 Å². The summed E-state index contributed by atoms with van der Waals surface area (Å²) < 4.78 is 26.4. The van der Waals surface area contributed by atoms with Gasteiger partial charge in [0.25, 0.3) is 0 Å². The summed E-state index contributed by atoms with van der Waals surface area (Å²) in [5.74, 6) is -0.772. The zero-order valence-electron chi connectivity index (χ0n) is 21.0. The standard InChI is InChI=1S/C28H32ClN3O4S/c1-3-30-28(34)26(18-22-10-6-4-7-11-22)32(20-24-14-16-25(29)17-15-24)27(33)21-31(37(2,35)36)19-23-12-8-5-9-13-23/h4-17,26H,3,18-21H2,1-2H3,(H,30,34). The Kier molecular flexibility index (Phi) is 10.3. The lowest BCUT2D eigenvalue weighted by Gasteiger charge is -2.33. The maximum atomic E-state index is 13.8. The first-order chi connectivity index (χ1) is 17.7. The maximum absolute atomic E-state index is 13.8. The van der Waals surface area contributed by atoms with Crippen LogP contribution >= 0.6 is 11.6 Å². The van der Waals surface area contributed by atoms with Crippen LogP contribution in [0.4, 0.5) is 0 Å². The summed E-state index contributed by atoms with van der Waals surface area (Å²) in [6.45, 7) is 1.98. The monoisotopic (exact) mass is 541 g/mol. The molecule has 0 aliphatic heterocycles. The Hall–Kier alpha value is -3.20. The number of nitrogens with zero attached hydrogens (tertiary/aromatic N) is 2. The number of sulfonamides is 1. The highest BCUT2D eigenvalue weighted by atomic mass is 35.5. The van der Waals surface area contributed by atoms with E-state index in [0.29, 0.717) is 11.6 Å². The second-order valence-corrected chi connectivity index (χ2v) is 11.2. The first kappa shape index (κ1) is 28.4. The number of carbonyl (C=O) groups excluding carboxylic acids is 2. The van der Waals surface area contributed by atoms with Gasteiger partial charge in [-0.1, -0.05) is 84.4 Å². The second-order valence-electron chi connectivity index (χ2n) is 8.76. The SMILES string of the molecule is CCNC(=O)C(Cc1ccccc1)N(Cc1ccc(Cl)cc1)C(=O)CN(Cc1ccccc1)S(C)(=O)=O. The third-order valence-corrected chi connectivity index (χ3v) is 7.32. The van der Waals surface area contributed by atoms with Crippen LogP contribution in [0.3, 0.4) is 0 Å².